The average Bonchev–Trinajstić information content (AvgIpc) is 2.93. The number of benzene rings is 2. The molecule has 0 spiro atoms. The molecular formula is C33H40N4O3. The monoisotopic (exact) mass is 540 g/mol. The zero-order valence-corrected chi connectivity index (χ0v) is 24.2. The Balaban J connectivity index is 1.46. The number of fused-ring (bicyclic) bond motifs is 4. The number of carbonyl (C=O) groups excluding carboxylic acids is 2. The van der Waals surface area contributed by atoms with Crippen LogP contribution in [-0.2, 0) is 12.0 Å². The first-order valence-electron chi connectivity index (χ1n) is 14.3. The summed E-state index contributed by atoms with van der Waals surface area (Å²) in [6.07, 6.45) is 1.87. The van der Waals surface area contributed by atoms with Crippen LogP contribution in [0.15, 0.2) is 65.5 Å². The summed E-state index contributed by atoms with van der Waals surface area (Å²) in [5.74, 6) is 0.182. The first-order chi connectivity index (χ1) is 19.0. The number of amides is 2. The maximum Gasteiger partial charge on any atom is 0.255 e. The first kappa shape index (κ1) is 27.7. The molecule has 1 saturated heterocycles. The van der Waals surface area contributed by atoms with E-state index in [0.29, 0.717) is 29.3 Å². The molecule has 2 aliphatic heterocycles. The number of hydrogen-bond donors (Lipinski definition) is 2. The molecule has 3 aromatic rings. The van der Waals surface area contributed by atoms with Gasteiger partial charge in [0.1, 0.15) is 0 Å². The molecule has 210 valence electrons. The first-order valence-corrected chi connectivity index (χ1v) is 14.3. The summed E-state index contributed by atoms with van der Waals surface area (Å²) in [4.78, 5) is 41.2. The number of pyridine rings is 1. The Labute approximate surface area is 236 Å². The molecule has 2 aliphatic rings. The van der Waals surface area contributed by atoms with Gasteiger partial charge < -0.3 is 20.1 Å². The fraction of sp³-hybridized carbons (Fsp3) is 0.424. The van der Waals surface area contributed by atoms with Gasteiger partial charge in [-0.2, -0.15) is 0 Å². The molecule has 0 saturated carbocycles. The third kappa shape index (κ3) is 5.69. The van der Waals surface area contributed by atoms with Gasteiger partial charge in [0.15, 0.2) is 0 Å². The Morgan fingerprint density at radius 1 is 0.950 bits per heavy atom. The second-order valence-corrected chi connectivity index (χ2v) is 12.4. The Morgan fingerprint density at radius 2 is 1.68 bits per heavy atom. The predicted molar refractivity (Wildman–Crippen MR) is 161 cm³/mol. The molecule has 3 heterocycles. The van der Waals surface area contributed by atoms with Crippen LogP contribution in [0.25, 0.3) is 0 Å². The average molecular weight is 541 g/mol. The minimum absolute atomic E-state index is 0.00439. The topological polar surface area (TPSA) is 83.4 Å². The SMILES string of the molecule is CC[C@@H](C)NC(=O)c1ccc(N2C[C@H]3C[C@@H](C2)c2cccc(=O)n2C3)c(NC(=O)c2ccc(C(C)(C)C)cc2)c1. The third-order valence-electron chi connectivity index (χ3n) is 8.33. The Morgan fingerprint density at radius 3 is 2.38 bits per heavy atom. The summed E-state index contributed by atoms with van der Waals surface area (Å²) in [5.41, 5.74) is 4.87. The highest BCUT2D eigenvalue weighted by Gasteiger charge is 2.35. The maximum atomic E-state index is 13.4. The van der Waals surface area contributed by atoms with Crippen molar-refractivity contribution in [2.24, 2.45) is 5.92 Å². The normalized spacial score (nSPS) is 19.0. The highest BCUT2D eigenvalue weighted by Crippen LogP contribution is 2.39. The molecular weight excluding hydrogens is 500 g/mol. The van der Waals surface area contributed by atoms with Crippen LogP contribution in [-0.4, -0.2) is 35.5 Å². The lowest BCUT2D eigenvalue weighted by Gasteiger charge is -2.44. The van der Waals surface area contributed by atoms with Gasteiger partial charge in [0.05, 0.1) is 11.4 Å². The van der Waals surface area contributed by atoms with Crippen molar-refractivity contribution in [1.29, 1.82) is 0 Å². The number of piperidine rings is 1. The van der Waals surface area contributed by atoms with Crippen molar-refractivity contribution in [2.75, 3.05) is 23.3 Å². The molecule has 0 unspecified atom stereocenters. The van der Waals surface area contributed by atoms with E-state index in [0.717, 1.165) is 42.9 Å². The van der Waals surface area contributed by atoms with Gasteiger partial charge in [0.25, 0.3) is 17.4 Å². The summed E-state index contributed by atoms with van der Waals surface area (Å²) in [7, 11) is 0. The Kier molecular flexibility index (Phi) is 7.58. The molecule has 40 heavy (non-hydrogen) atoms. The van der Waals surface area contributed by atoms with Crippen molar-refractivity contribution < 1.29 is 9.59 Å². The van der Waals surface area contributed by atoms with E-state index in [-0.39, 0.29) is 34.7 Å². The second-order valence-electron chi connectivity index (χ2n) is 12.4. The molecule has 2 aromatic carbocycles. The van der Waals surface area contributed by atoms with Gasteiger partial charge in [-0.25, -0.2) is 0 Å². The standard InChI is InChI=1S/C33H40N4O3/c1-6-21(2)34-32(40)24-12-15-29(27(17-24)35-31(39)23-10-13-26(14-11-23)33(3,4)5)36-18-22-16-25(20-36)28-8-7-9-30(38)37(28)19-22/h7-15,17,21-22,25H,6,16,18-20H2,1-5H3,(H,34,40)(H,35,39)/t21-,22-,25+/m1/s1. The summed E-state index contributed by atoms with van der Waals surface area (Å²) in [6, 6.07) is 18.9. The lowest BCUT2D eigenvalue weighted by molar-refractivity contribution is 0.0938. The molecule has 1 aromatic heterocycles. The summed E-state index contributed by atoms with van der Waals surface area (Å²) in [6.45, 7) is 12.7. The van der Waals surface area contributed by atoms with E-state index in [9.17, 15) is 14.4 Å². The molecule has 7 nitrogen and oxygen atoms in total. The summed E-state index contributed by atoms with van der Waals surface area (Å²) in [5, 5.41) is 6.15. The van der Waals surface area contributed by atoms with Crippen LogP contribution in [0.2, 0.25) is 0 Å². The molecule has 0 aliphatic carbocycles. The van der Waals surface area contributed by atoms with E-state index < -0.39 is 0 Å². The zero-order chi connectivity index (χ0) is 28.6. The van der Waals surface area contributed by atoms with Crippen molar-refractivity contribution in [1.82, 2.24) is 9.88 Å². The molecule has 7 heteroatoms. The molecule has 2 amide bonds. The number of anilines is 2. The fourth-order valence-corrected chi connectivity index (χ4v) is 5.87. The Hall–Kier alpha value is -3.87. The Bertz CT molecular complexity index is 1470. The molecule has 1 fully saturated rings. The summed E-state index contributed by atoms with van der Waals surface area (Å²) < 4.78 is 1.92. The van der Waals surface area contributed by atoms with E-state index in [1.807, 2.05) is 60.9 Å². The maximum absolute atomic E-state index is 13.4. The van der Waals surface area contributed by atoms with Gasteiger partial charge in [-0.15, -0.1) is 0 Å². The highest BCUT2D eigenvalue weighted by molar-refractivity contribution is 6.07. The molecule has 2 N–H and O–H groups in total. The van der Waals surface area contributed by atoms with Crippen LogP contribution < -0.4 is 21.1 Å². The van der Waals surface area contributed by atoms with Gasteiger partial charge in [-0.1, -0.05) is 45.9 Å². The van der Waals surface area contributed by atoms with E-state index in [2.05, 4.69) is 42.4 Å². The van der Waals surface area contributed by atoms with Crippen molar-refractivity contribution in [3.05, 3.63) is 93.4 Å². The predicted octanol–water partition coefficient (Wildman–Crippen LogP) is 5.55. The number of nitrogens with one attached hydrogen (secondary N) is 2. The number of hydrogen-bond acceptors (Lipinski definition) is 4. The molecule has 3 atom stereocenters. The summed E-state index contributed by atoms with van der Waals surface area (Å²) >= 11 is 0. The number of carbonyl (C=O) groups is 2. The fourth-order valence-electron chi connectivity index (χ4n) is 5.87. The largest absolute Gasteiger partial charge is 0.369 e. The van der Waals surface area contributed by atoms with Crippen LogP contribution in [0, 0.1) is 5.92 Å². The van der Waals surface area contributed by atoms with E-state index in [4.69, 9.17) is 0 Å². The van der Waals surface area contributed by atoms with E-state index in [1.54, 1.807) is 12.1 Å². The van der Waals surface area contributed by atoms with E-state index in [1.165, 1.54) is 0 Å². The van der Waals surface area contributed by atoms with Crippen LogP contribution in [0.1, 0.15) is 85.4 Å². The van der Waals surface area contributed by atoms with Crippen molar-refractivity contribution in [3.8, 4) is 0 Å². The number of nitrogens with zero attached hydrogens (tertiary/aromatic N) is 2. The van der Waals surface area contributed by atoms with Gasteiger partial charge in [0, 0.05) is 54.5 Å². The lowest BCUT2D eigenvalue weighted by Crippen LogP contribution is -2.47. The minimum atomic E-state index is -0.213. The van der Waals surface area contributed by atoms with Crippen LogP contribution in [0.5, 0.6) is 0 Å². The quantitative estimate of drug-likeness (QED) is 0.429. The van der Waals surface area contributed by atoms with Gasteiger partial charge in [-0.3, -0.25) is 14.4 Å². The smallest absolute Gasteiger partial charge is 0.255 e. The second kappa shape index (κ2) is 11.0. The number of aromatic nitrogens is 1. The molecule has 0 radical (unpaired) electrons. The highest BCUT2D eigenvalue weighted by atomic mass is 16.2. The van der Waals surface area contributed by atoms with Gasteiger partial charge in [0.2, 0.25) is 0 Å². The van der Waals surface area contributed by atoms with Crippen molar-refractivity contribution in [3.63, 3.8) is 0 Å². The lowest BCUT2D eigenvalue weighted by atomic mass is 9.83. The van der Waals surface area contributed by atoms with Crippen LogP contribution in [0.3, 0.4) is 0 Å². The molecule has 2 bridgehead atoms. The van der Waals surface area contributed by atoms with Crippen LogP contribution >= 0.6 is 0 Å². The van der Waals surface area contributed by atoms with Gasteiger partial charge in [-0.05, 0) is 73.1 Å². The van der Waals surface area contributed by atoms with E-state index >= 15 is 0 Å². The number of rotatable bonds is 6. The zero-order valence-electron chi connectivity index (χ0n) is 24.2. The van der Waals surface area contributed by atoms with Crippen molar-refractivity contribution in [2.45, 2.75) is 71.4 Å². The minimum Gasteiger partial charge on any atom is -0.369 e. The molecule has 5 rings (SSSR count). The van der Waals surface area contributed by atoms with Crippen LogP contribution in [0.4, 0.5) is 11.4 Å². The van der Waals surface area contributed by atoms with Crippen molar-refractivity contribution >= 4 is 23.2 Å². The third-order valence-corrected chi connectivity index (χ3v) is 8.33. The van der Waals surface area contributed by atoms with Gasteiger partial charge >= 0.3 is 0 Å².